The molecule has 0 aliphatic carbocycles. The fourth-order valence-electron chi connectivity index (χ4n) is 2.30. The van der Waals surface area contributed by atoms with Gasteiger partial charge in [0.25, 0.3) is 0 Å². The van der Waals surface area contributed by atoms with Crippen LogP contribution in [0.15, 0.2) is 52.9 Å². The quantitative estimate of drug-likeness (QED) is 0.575. The summed E-state index contributed by atoms with van der Waals surface area (Å²) >= 11 is 6.07. The van der Waals surface area contributed by atoms with Crippen LogP contribution in [0.4, 0.5) is 0 Å². The molecule has 1 aromatic heterocycles. The molecule has 1 heterocycles. The lowest BCUT2D eigenvalue weighted by Gasteiger charge is -2.17. The Morgan fingerprint density at radius 2 is 1.63 bits per heavy atom. The fourth-order valence-corrected chi connectivity index (χ4v) is 2.47. The van der Waals surface area contributed by atoms with E-state index in [4.69, 9.17) is 44.1 Å². The maximum atomic E-state index is 8.49. The van der Waals surface area contributed by atoms with Gasteiger partial charge in [-0.1, -0.05) is 11.6 Å². The average Bonchev–Trinajstić information content (AvgIpc) is 2.61. The molecule has 0 aliphatic rings. The summed E-state index contributed by atoms with van der Waals surface area (Å²) in [5, 5.41) is 1.52. The predicted molar refractivity (Wildman–Crippen MR) is 88.8 cm³/mol. The lowest BCUT2D eigenvalue weighted by molar-refractivity contribution is -2.00. The van der Waals surface area contributed by atoms with E-state index in [1.54, 1.807) is 13.2 Å². The molecule has 9 heteroatoms. The largest absolute Gasteiger partial charge is 0.497 e. The highest BCUT2D eigenvalue weighted by molar-refractivity contribution is 6.31. The molecule has 0 saturated heterocycles. The van der Waals surface area contributed by atoms with E-state index in [0.29, 0.717) is 11.6 Å². The topological polar surface area (TPSA) is 122 Å². The molecule has 27 heavy (non-hydrogen) atoms. The van der Waals surface area contributed by atoms with Gasteiger partial charge in [-0.3, -0.25) is 0 Å². The van der Waals surface area contributed by atoms with Crippen LogP contribution in [0.1, 0.15) is 6.92 Å². The number of benzene rings is 2. The van der Waals surface area contributed by atoms with E-state index in [1.807, 2.05) is 49.4 Å². The van der Waals surface area contributed by atoms with Gasteiger partial charge in [0.2, 0.25) is 0 Å². The highest BCUT2D eigenvalue weighted by Crippen LogP contribution is 2.34. The van der Waals surface area contributed by atoms with E-state index < -0.39 is 10.2 Å². The minimum atomic E-state index is -4.94. The second-order valence-electron chi connectivity index (χ2n) is 5.15. The molecular weight excluding hydrogens is 399 g/mol. The number of ether oxygens (including phenoxy) is 2. The molecule has 0 bridgehead atoms. The third-order valence-corrected chi connectivity index (χ3v) is 3.60. The zero-order valence-corrected chi connectivity index (χ0v) is 16.0. The lowest BCUT2D eigenvalue weighted by Crippen LogP contribution is -2.68. The van der Waals surface area contributed by atoms with Crippen LogP contribution in [0.2, 0.25) is 5.02 Å². The van der Waals surface area contributed by atoms with Gasteiger partial charge in [0.1, 0.15) is 16.9 Å². The SMILES string of the molecule is CCOc1cc(-c2ccc(OC)cc2)[o+]c2ccc(Cl)cc12.[O-][Cl+3]([O-])([O-])[O-]. The van der Waals surface area contributed by atoms with Gasteiger partial charge in [-0.2, -0.15) is 0 Å². The summed E-state index contributed by atoms with van der Waals surface area (Å²) in [4.78, 5) is 0. The van der Waals surface area contributed by atoms with Crippen LogP contribution >= 0.6 is 11.6 Å². The van der Waals surface area contributed by atoms with Crippen molar-refractivity contribution in [2.75, 3.05) is 13.7 Å². The summed E-state index contributed by atoms with van der Waals surface area (Å²) in [6.07, 6.45) is 0. The molecule has 3 aromatic rings. The van der Waals surface area contributed by atoms with E-state index in [1.165, 1.54) is 0 Å². The lowest BCUT2D eigenvalue weighted by atomic mass is 10.1. The Bertz CT molecular complexity index is 887. The first-order valence-corrected chi connectivity index (χ1v) is 9.28. The average molecular weight is 415 g/mol. The van der Waals surface area contributed by atoms with Gasteiger partial charge < -0.3 is 9.47 Å². The Hall–Kier alpha value is -2.13. The summed E-state index contributed by atoms with van der Waals surface area (Å²) in [7, 11) is -3.30. The molecule has 144 valence electrons. The number of hydrogen-bond acceptors (Lipinski definition) is 6. The van der Waals surface area contributed by atoms with Gasteiger partial charge in [0.15, 0.2) is 0 Å². The van der Waals surface area contributed by atoms with Gasteiger partial charge >= 0.3 is 11.3 Å². The van der Waals surface area contributed by atoms with E-state index in [-0.39, 0.29) is 0 Å². The molecule has 0 spiro atoms. The zero-order valence-electron chi connectivity index (χ0n) is 14.4. The van der Waals surface area contributed by atoms with Crippen molar-refractivity contribution in [3.8, 4) is 22.8 Å². The molecule has 0 saturated carbocycles. The van der Waals surface area contributed by atoms with E-state index >= 15 is 0 Å². The highest BCUT2D eigenvalue weighted by atomic mass is 35.7. The maximum absolute atomic E-state index is 8.49. The molecule has 0 N–H and O–H groups in total. The Balaban J connectivity index is 0.000000465. The Kier molecular flexibility index (Phi) is 7.20. The van der Waals surface area contributed by atoms with Gasteiger partial charge in [0, 0.05) is 11.1 Å². The van der Waals surface area contributed by atoms with Crippen molar-refractivity contribution in [2.24, 2.45) is 0 Å². The van der Waals surface area contributed by atoms with Crippen LogP contribution in [0.5, 0.6) is 11.5 Å². The first kappa shape index (κ1) is 21.2. The molecule has 0 aliphatic heterocycles. The number of rotatable bonds is 4. The number of hydrogen-bond donors (Lipinski definition) is 0. The minimum absolute atomic E-state index is 0.577. The van der Waals surface area contributed by atoms with Crippen LogP contribution in [0, 0.1) is 10.2 Å². The smallest absolute Gasteiger partial charge is 0.364 e. The standard InChI is InChI=1S/C18H16ClO3.ClHO4/c1-3-21-18-11-17(12-4-7-14(20-2)8-5-12)22-16-9-6-13(19)10-15(16)18;2-1(3,4)5/h4-11H,3H2,1-2H3;(H,2,3,4,5)/q+1;/p-1. The molecule has 7 nitrogen and oxygen atoms in total. The van der Waals surface area contributed by atoms with Crippen LogP contribution in [0.25, 0.3) is 22.3 Å². The second kappa shape index (κ2) is 9.18. The van der Waals surface area contributed by atoms with E-state index in [9.17, 15) is 0 Å². The first-order valence-electron chi connectivity index (χ1n) is 7.66. The van der Waals surface area contributed by atoms with E-state index in [0.717, 1.165) is 33.8 Å². The summed E-state index contributed by atoms with van der Waals surface area (Å²) < 4.78 is 50.9. The van der Waals surface area contributed by atoms with Crippen molar-refractivity contribution >= 4 is 22.6 Å². The fraction of sp³-hybridized carbons (Fsp3) is 0.167. The maximum Gasteiger partial charge on any atom is 0.364 e. The molecule has 0 amide bonds. The Labute approximate surface area is 162 Å². The number of fused-ring (bicyclic) bond motifs is 1. The van der Waals surface area contributed by atoms with Gasteiger partial charge in [-0.15, -0.1) is 10.2 Å². The van der Waals surface area contributed by atoms with Gasteiger partial charge in [-0.05, 0) is 43.3 Å². The minimum Gasteiger partial charge on any atom is -0.497 e. The van der Waals surface area contributed by atoms with E-state index in [2.05, 4.69) is 0 Å². The van der Waals surface area contributed by atoms with Crippen molar-refractivity contribution in [1.82, 2.24) is 0 Å². The monoisotopic (exact) mass is 414 g/mol. The molecule has 0 radical (unpaired) electrons. The van der Waals surface area contributed by atoms with Gasteiger partial charge in [0.05, 0.1) is 25.3 Å². The van der Waals surface area contributed by atoms with Crippen LogP contribution < -0.4 is 28.1 Å². The third kappa shape index (κ3) is 6.51. The second-order valence-corrected chi connectivity index (χ2v) is 6.35. The first-order chi connectivity index (χ1) is 12.7. The summed E-state index contributed by atoms with van der Waals surface area (Å²) in [5.41, 5.74) is 1.69. The predicted octanol–water partition coefficient (Wildman–Crippen LogP) is 0.686. The molecule has 0 fully saturated rings. The number of methoxy groups -OCH3 is 1. The van der Waals surface area contributed by atoms with Crippen LogP contribution in [0.3, 0.4) is 0 Å². The van der Waals surface area contributed by atoms with Crippen molar-refractivity contribution in [3.05, 3.63) is 53.6 Å². The highest BCUT2D eigenvalue weighted by Gasteiger charge is 2.20. The van der Waals surface area contributed by atoms with Crippen molar-refractivity contribution in [2.45, 2.75) is 6.92 Å². The van der Waals surface area contributed by atoms with Crippen molar-refractivity contribution < 1.29 is 42.8 Å². The molecular formula is C18H16Cl2O7. The van der Waals surface area contributed by atoms with Gasteiger partial charge in [-0.25, -0.2) is 23.1 Å². The zero-order chi connectivity index (χ0) is 20.0. The van der Waals surface area contributed by atoms with Crippen LogP contribution in [-0.4, -0.2) is 13.7 Å². The molecule has 0 atom stereocenters. The Morgan fingerprint density at radius 1 is 1.00 bits per heavy atom. The summed E-state index contributed by atoms with van der Waals surface area (Å²) in [6.45, 7) is 2.53. The summed E-state index contributed by atoms with van der Waals surface area (Å²) in [5.74, 6) is 2.30. The third-order valence-electron chi connectivity index (χ3n) is 3.36. The van der Waals surface area contributed by atoms with Crippen LogP contribution in [-0.2, 0) is 0 Å². The van der Waals surface area contributed by atoms with Crippen molar-refractivity contribution in [1.29, 1.82) is 0 Å². The molecule has 2 aromatic carbocycles. The normalized spacial score (nSPS) is 10.9. The van der Waals surface area contributed by atoms with Crippen molar-refractivity contribution in [3.63, 3.8) is 0 Å². The summed E-state index contributed by atoms with van der Waals surface area (Å²) in [6, 6.07) is 15.1. The molecule has 0 unspecified atom stereocenters. The Morgan fingerprint density at radius 3 is 2.19 bits per heavy atom. The molecule has 3 rings (SSSR count). The number of halogens is 2.